The highest BCUT2D eigenvalue weighted by Gasteiger charge is 2.02. The van der Waals surface area contributed by atoms with Crippen molar-refractivity contribution >= 4 is 17.3 Å². The Bertz CT molecular complexity index is 620. The smallest absolute Gasteiger partial charge is 0.123 e. The fourth-order valence-corrected chi connectivity index (χ4v) is 1.97. The minimum atomic E-state index is -0.235. The number of rotatable bonds is 4. The van der Waals surface area contributed by atoms with E-state index >= 15 is 0 Å². The van der Waals surface area contributed by atoms with Gasteiger partial charge in [-0.2, -0.15) is 5.26 Å². The summed E-state index contributed by atoms with van der Waals surface area (Å²) in [5.41, 5.74) is 2.16. The van der Waals surface area contributed by atoms with Gasteiger partial charge < -0.3 is 5.32 Å². The van der Waals surface area contributed by atoms with Gasteiger partial charge in [0.1, 0.15) is 11.9 Å². The van der Waals surface area contributed by atoms with E-state index in [0.717, 1.165) is 11.3 Å². The number of benzene rings is 2. The molecule has 0 aliphatic carbocycles. The Hall–Kier alpha value is -2.05. The fraction of sp³-hybridized carbons (Fsp3) is 0.133. The van der Waals surface area contributed by atoms with Crippen LogP contribution in [0.1, 0.15) is 11.1 Å². The summed E-state index contributed by atoms with van der Waals surface area (Å²) in [7, 11) is 0. The van der Waals surface area contributed by atoms with Crippen LogP contribution in [0.4, 0.5) is 10.1 Å². The third kappa shape index (κ3) is 3.70. The highest BCUT2D eigenvalue weighted by atomic mass is 35.5. The molecule has 2 nitrogen and oxygen atoms in total. The maximum atomic E-state index is 13.0. The molecule has 0 saturated carbocycles. The second-order valence-electron chi connectivity index (χ2n) is 4.11. The van der Waals surface area contributed by atoms with Crippen molar-refractivity contribution in [2.24, 2.45) is 0 Å². The van der Waals surface area contributed by atoms with Crippen molar-refractivity contribution in [1.29, 1.82) is 5.26 Å². The number of hydrogen-bond donors (Lipinski definition) is 1. The Labute approximate surface area is 116 Å². The first-order valence-corrected chi connectivity index (χ1v) is 6.25. The molecule has 0 radical (unpaired) electrons. The molecule has 2 rings (SSSR count). The molecule has 1 N–H and O–H groups in total. The van der Waals surface area contributed by atoms with Crippen molar-refractivity contribution in [2.45, 2.75) is 6.42 Å². The summed E-state index contributed by atoms with van der Waals surface area (Å²) < 4.78 is 13.0. The zero-order chi connectivity index (χ0) is 13.7. The molecule has 0 heterocycles. The second-order valence-corrected chi connectivity index (χ2v) is 4.54. The molecule has 0 bridgehead atoms. The number of hydrogen-bond acceptors (Lipinski definition) is 2. The molecule has 0 fully saturated rings. The topological polar surface area (TPSA) is 35.8 Å². The number of nitriles is 1. The van der Waals surface area contributed by atoms with Crippen LogP contribution < -0.4 is 5.32 Å². The summed E-state index contributed by atoms with van der Waals surface area (Å²) in [4.78, 5) is 0. The highest BCUT2D eigenvalue weighted by Crippen LogP contribution is 2.19. The minimum absolute atomic E-state index is 0.235. The number of anilines is 1. The Morgan fingerprint density at radius 3 is 2.79 bits per heavy atom. The molecule has 0 aliphatic rings. The van der Waals surface area contributed by atoms with Gasteiger partial charge in [-0.15, -0.1) is 0 Å². The molecule has 19 heavy (non-hydrogen) atoms. The summed E-state index contributed by atoms with van der Waals surface area (Å²) in [6.07, 6.45) is 0.686. The summed E-state index contributed by atoms with van der Waals surface area (Å²) in [6.45, 7) is 0.625. The monoisotopic (exact) mass is 274 g/mol. The van der Waals surface area contributed by atoms with Crippen molar-refractivity contribution in [1.82, 2.24) is 0 Å². The molecule has 0 atom stereocenters. The van der Waals surface area contributed by atoms with E-state index in [1.54, 1.807) is 24.3 Å². The van der Waals surface area contributed by atoms with E-state index in [-0.39, 0.29) is 5.82 Å². The van der Waals surface area contributed by atoms with Gasteiger partial charge >= 0.3 is 0 Å². The first-order valence-electron chi connectivity index (χ1n) is 5.87. The van der Waals surface area contributed by atoms with Crippen LogP contribution in [0.25, 0.3) is 0 Å². The summed E-state index contributed by atoms with van der Waals surface area (Å²) in [5.74, 6) is -0.235. The van der Waals surface area contributed by atoms with Crippen LogP contribution in [0.2, 0.25) is 5.02 Å². The normalized spacial score (nSPS) is 9.95. The lowest BCUT2D eigenvalue weighted by Crippen LogP contribution is -2.06. The van der Waals surface area contributed by atoms with Crippen LogP contribution in [0.3, 0.4) is 0 Å². The Morgan fingerprint density at radius 2 is 2.05 bits per heavy atom. The fourth-order valence-electron chi connectivity index (χ4n) is 1.80. The van der Waals surface area contributed by atoms with Crippen LogP contribution in [-0.2, 0) is 6.42 Å². The number of nitrogens with one attached hydrogen (secondary N) is 1. The molecule has 0 spiro atoms. The highest BCUT2D eigenvalue weighted by molar-refractivity contribution is 6.30. The van der Waals surface area contributed by atoms with Crippen LogP contribution in [-0.4, -0.2) is 6.54 Å². The van der Waals surface area contributed by atoms with Crippen LogP contribution in [0, 0.1) is 17.1 Å². The zero-order valence-electron chi connectivity index (χ0n) is 10.2. The predicted octanol–water partition coefficient (Wildman–Crippen LogP) is 4.01. The van der Waals surface area contributed by atoms with Crippen LogP contribution >= 0.6 is 11.6 Å². The Balaban J connectivity index is 1.98. The van der Waals surface area contributed by atoms with Gasteiger partial charge in [0.25, 0.3) is 0 Å². The molecule has 0 aromatic heterocycles. The van der Waals surface area contributed by atoms with Crippen molar-refractivity contribution in [2.75, 3.05) is 11.9 Å². The van der Waals surface area contributed by atoms with E-state index in [9.17, 15) is 4.39 Å². The first-order chi connectivity index (χ1) is 9.19. The van der Waals surface area contributed by atoms with Gasteiger partial charge in [0.05, 0.1) is 11.3 Å². The van der Waals surface area contributed by atoms with Crippen molar-refractivity contribution < 1.29 is 4.39 Å². The van der Waals surface area contributed by atoms with Gasteiger partial charge in [-0.3, -0.25) is 0 Å². The quantitative estimate of drug-likeness (QED) is 0.914. The lowest BCUT2D eigenvalue weighted by molar-refractivity contribution is 0.625. The second kappa shape index (κ2) is 6.21. The molecule has 4 heteroatoms. The summed E-state index contributed by atoms with van der Waals surface area (Å²) in [6, 6.07) is 13.7. The third-order valence-electron chi connectivity index (χ3n) is 2.72. The van der Waals surface area contributed by atoms with Crippen LogP contribution in [0.15, 0.2) is 42.5 Å². The Morgan fingerprint density at radius 1 is 1.21 bits per heavy atom. The largest absolute Gasteiger partial charge is 0.384 e. The molecule has 0 amide bonds. The maximum absolute atomic E-state index is 13.0. The molecule has 2 aromatic rings. The molecule has 0 aliphatic heterocycles. The molecule has 2 aromatic carbocycles. The summed E-state index contributed by atoms with van der Waals surface area (Å²) >= 11 is 5.82. The van der Waals surface area contributed by atoms with E-state index in [2.05, 4.69) is 11.4 Å². The van der Waals surface area contributed by atoms with Crippen molar-refractivity contribution in [3.63, 3.8) is 0 Å². The molecular formula is C15H12ClFN2. The number of halogens is 2. The molecule has 0 unspecified atom stereocenters. The third-order valence-corrected chi connectivity index (χ3v) is 2.96. The van der Waals surface area contributed by atoms with E-state index in [4.69, 9.17) is 16.9 Å². The SMILES string of the molecule is N#Cc1cc(Cl)ccc1NCCc1cccc(F)c1. The average molecular weight is 275 g/mol. The maximum Gasteiger partial charge on any atom is 0.123 e. The van der Waals surface area contributed by atoms with Crippen molar-refractivity contribution in [3.05, 3.63) is 64.4 Å². The van der Waals surface area contributed by atoms with Crippen molar-refractivity contribution in [3.8, 4) is 6.07 Å². The molecule has 96 valence electrons. The Kier molecular flexibility index (Phi) is 4.38. The lowest BCUT2D eigenvalue weighted by Gasteiger charge is -2.08. The van der Waals surface area contributed by atoms with E-state index in [1.165, 1.54) is 12.1 Å². The molecule has 0 saturated heterocycles. The predicted molar refractivity (Wildman–Crippen MR) is 74.8 cm³/mol. The van der Waals surface area contributed by atoms with E-state index in [0.29, 0.717) is 23.6 Å². The minimum Gasteiger partial charge on any atom is -0.384 e. The molecular weight excluding hydrogens is 263 g/mol. The standard InChI is InChI=1S/C15H12ClFN2/c16-13-4-5-15(12(9-13)10-18)19-7-6-11-2-1-3-14(17)8-11/h1-5,8-9,19H,6-7H2. The van der Waals surface area contributed by atoms with Gasteiger partial charge in [-0.05, 0) is 42.3 Å². The first kappa shape index (κ1) is 13.4. The van der Waals surface area contributed by atoms with Gasteiger partial charge in [-0.25, -0.2) is 4.39 Å². The van der Waals surface area contributed by atoms with Gasteiger partial charge in [0.2, 0.25) is 0 Å². The van der Waals surface area contributed by atoms with Gasteiger partial charge in [-0.1, -0.05) is 23.7 Å². The van der Waals surface area contributed by atoms with Gasteiger partial charge in [0.15, 0.2) is 0 Å². The lowest BCUT2D eigenvalue weighted by atomic mass is 10.1. The van der Waals surface area contributed by atoms with E-state index in [1.807, 2.05) is 6.07 Å². The zero-order valence-corrected chi connectivity index (χ0v) is 10.9. The average Bonchev–Trinajstić information content (AvgIpc) is 2.40. The van der Waals surface area contributed by atoms with E-state index < -0.39 is 0 Å². The summed E-state index contributed by atoms with van der Waals surface area (Å²) in [5, 5.41) is 12.7. The number of nitrogens with zero attached hydrogens (tertiary/aromatic N) is 1. The van der Waals surface area contributed by atoms with Gasteiger partial charge in [0, 0.05) is 11.6 Å². The van der Waals surface area contributed by atoms with Crippen LogP contribution in [0.5, 0.6) is 0 Å².